The van der Waals surface area contributed by atoms with Crippen LogP contribution in [0.3, 0.4) is 0 Å². The van der Waals surface area contributed by atoms with E-state index in [1.807, 2.05) is 6.92 Å². The molecule has 5 nitrogen and oxygen atoms in total. The monoisotopic (exact) mass is 258 g/mol. The SMILES string of the molecule is CC[C@H](NC(=O)c1cc(Cl)cn1CC)C(=O)O. The lowest BCUT2D eigenvalue weighted by Gasteiger charge is -2.13. The van der Waals surface area contributed by atoms with E-state index in [2.05, 4.69) is 5.32 Å². The van der Waals surface area contributed by atoms with E-state index < -0.39 is 17.9 Å². The molecule has 0 saturated heterocycles. The van der Waals surface area contributed by atoms with Gasteiger partial charge in [0.05, 0.1) is 5.02 Å². The molecule has 1 aromatic heterocycles. The van der Waals surface area contributed by atoms with Gasteiger partial charge in [-0.3, -0.25) is 4.79 Å². The standard InChI is InChI=1S/C11H15ClN2O3/c1-3-8(11(16)17)13-10(15)9-5-7(12)6-14(9)4-2/h5-6,8H,3-4H2,1-2H3,(H,13,15)(H,16,17)/t8-/m0/s1. The van der Waals surface area contributed by atoms with Gasteiger partial charge in [-0.1, -0.05) is 18.5 Å². The summed E-state index contributed by atoms with van der Waals surface area (Å²) in [6, 6.07) is 0.649. The second-order valence-corrected chi connectivity index (χ2v) is 4.04. The van der Waals surface area contributed by atoms with Gasteiger partial charge in [-0.05, 0) is 19.4 Å². The number of hydrogen-bond acceptors (Lipinski definition) is 2. The van der Waals surface area contributed by atoms with Crippen LogP contribution in [0.2, 0.25) is 5.02 Å². The van der Waals surface area contributed by atoms with Gasteiger partial charge in [0.2, 0.25) is 0 Å². The first kappa shape index (κ1) is 13.6. The molecule has 0 spiro atoms. The Labute approximate surface area is 104 Å². The molecule has 0 saturated carbocycles. The number of aryl methyl sites for hydroxylation is 1. The van der Waals surface area contributed by atoms with Gasteiger partial charge >= 0.3 is 5.97 Å². The number of nitrogens with one attached hydrogen (secondary N) is 1. The minimum absolute atomic E-state index is 0.335. The topological polar surface area (TPSA) is 71.3 Å². The summed E-state index contributed by atoms with van der Waals surface area (Å²) in [6.07, 6.45) is 1.97. The highest BCUT2D eigenvalue weighted by Crippen LogP contribution is 2.14. The number of carboxylic acids is 1. The summed E-state index contributed by atoms with van der Waals surface area (Å²) in [5.41, 5.74) is 0.372. The molecule has 1 aromatic rings. The molecule has 0 aliphatic heterocycles. The Morgan fingerprint density at radius 1 is 1.53 bits per heavy atom. The zero-order valence-electron chi connectivity index (χ0n) is 9.74. The Kier molecular flexibility index (Phi) is 4.57. The van der Waals surface area contributed by atoms with Crippen LogP contribution < -0.4 is 5.32 Å². The lowest BCUT2D eigenvalue weighted by atomic mass is 10.2. The number of amides is 1. The third kappa shape index (κ3) is 3.23. The summed E-state index contributed by atoms with van der Waals surface area (Å²) in [5, 5.41) is 11.8. The normalized spacial score (nSPS) is 12.2. The summed E-state index contributed by atoms with van der Waals surface area (Å²) < 4.78 is 1.67. The molecule has 17 heavy (non-hydrogen) atoms. The molecule has 0 aromatic carbocycles. The van der Waals surface area contributed by atoms with E-state index in [9.17, 15) is 9.59 Å². The van der Waals surface area contributed by atoms with Crippen LogP contribution in [0.5, 0.6) is 0 Å². The predicted molar refractivity (Wildman–Crippen MR) is 64.3 cm³/mol. The summed E-state index contributed by atoms with van der Waals surface area (Å²) >= 11 is 5.80. The van der Waals surface area contributed by atoms with Gasteiger partial charge in [0.15, 0.2) is 0 Å². The predicted octanol–water partition coefficient (Wildman–Crippen LogP) is 1.75. The molecule has 94 valence electrons. The Morgan fingerprint density at radius 3 is 2.65 bits per heavy atom. The average molecular weight is 259 g/mol. The number of nitrogens with zero attached hydrogens (tertiary/aromatic N) is 1. The van der Waals surface area contributed by atoms with Crippen molar-refractivity contribution in [1.82, 2.24) is 9.88 Å². The van der Waals surface area contributed by atoms with Crippen LogP contribution in [0.25, 0.3) is 0 Å². The lowest BCUT2D eigenvalue weighted by Crippen LogP contribution is -2.40. The van der Waals surface area contributed by atoms with Gasteiger partial charge in [0.1, 0.15) is 11.7 Å². The summed E-state index contributed by atoms with van der Waals surface area (Å²) in [4.78, 5) is 22.7. The number of carbonyl (C=O) groups is 2. The molecular formula is C11H15ClN2O3. The van der Waals surface area contributed by atoms with Crippen molar-refractivity contribution in [3.05, 3.63) is 23.0 Å². The van der Waals surface area contributed by atoms with Crippen molar-refractivity contribution in [2.75, 3.05) is 0 Å². The second-order valence-electron chi connectivity index (χ2n) is 3.60. The van der Waals surface area contributed by atoms with Gasteiger partial charge in [0.25, 0.3) is 5.91 Å². The van der Waals surface area contributed by atoms with Gasteiger partial charge in [-0.15, -0.1) is 0 Å². The van der Waals surface area contributed by atoms with E-state index in [-0.39, 0.29) is 0 Å². The average Bonchev–Trinajstić information content (AvgIpc) is 2.66. The molecule has 0 aliphatic rings. The van der Waals surface area contributed by atoms with Crippen molar-refractivity contribution in [2.24, 2.45) is 0 Å². The van der Waals surface area contributed by atoms with Crippen molar-refractivity contribution >= 4 is 23.5 Å². The third-order valence-electron chi connectivity index (χ3n) is 2.45. The highest BCUT2D eigenvalue weighted by Gasteiger charge is 2.20. The first-order valence-corrected chi connectivity index (χ1v) is 5.76. The lowest BCUT2D eigenvalue weighted by molar-refractivity contribution is -0.139. The highest BCUT2D eigenvalue weighted by molar-refractivity contribution is 6.31. The summed E-state index contributed by atoms with van der Waals surface area (Å²) in [5.74, 6) is -1.46. The fourth-order valence-corrected chi connectivity index (χ4v) is 1.72. The first-order valence-electron chi connectivity index (χ1n) is 5.38. The van der Waals surface area contributed by atoms with E-state index in [0.717, 1.165) is 0 Å². The van der Waals surface area contributed by atoms with Crippen LogP contribution in [-0.2, 0) is 11.3 Å². The third-order valence-corrected chi connectivity index (χ3v) is 2.65. The quantitative estimate of drug-likeness (QED) is 0.845. The van der Waals surface area contributed by atoms with Crippen LogP contribution in [0.15, 0.2) is 12.3 Å². The van der Waals surface area contributed by atoms with E-state index in [1.54, 1.807) is 17.7 Å². The number of hydrogen-bond donors (Lipinski definition) is 2. The molecule has 1 rings (SSSR count). The largest absolute Gasteiger partial charge is 0.480 e. The molecule has 2 N–H and O–H groups in total. The van der Waals surface area contributed by atoms with Crippen molar-refractivity contribution in [3.63, 3.8) is 0 Å². The maximum Gasteiger partial charge on any atom is 0.326 e. The second kappa shape index (κ2) is 5.72. The minimum atomic E-state index is -1.04. The Hall–Kier alpha value is -1.49. The van der Waals surface area contributed by atoms with Crippen molar-refractivity contribution in [2.45, 2.75) is 32.9 Å². The number of carboxylic acid groups (broad SMARTS) is 1. The smallest absolute Gasteiger partial charge is 0.326 e. The van der Waals surface area contributed by atoms with Crippen molar-refractivity contribution < 1.29 is 14.7 Å². The number of halogens is 1. The zero-order chi connectivity index (χ0) is 13.0. The van der Waals surface area contributed by atoms with Crippen LogP contribution in [0.1, 0.15) is 30.8 Å². The Bertz CT molecular complexity index is 428. The zero-order valence-corrected chi connectivity index (χ0v) is 10.5. The number of carbonyl (C=O) groups excluding carboxylic acids is 1. The fourth-order valence-electron chi connectivity index (χ4n) is 1.50. The first-order chi connectivity index (χ1) is 7.99. The summed E-state index contributed by atoms with van der Waals surface area (Å²) in [7, 11) is 0. The van der Waals surface area contributed by atoms with E-state index in [1.165, 1.54) is 6.07 Å². The molecule has 0 aliphatic carbocycles. The van der Waals surface area contributed by atoms with Crippen LogP contribution in [0.4, 0.5) is 0 Å². The highest BCUT2D eigenvalue weighted by atomic mass is 35.5. The number of aliphatic carboxylic acids is 1. The molecule has 0 unspecified atom stereocenters. The van der Waals surface area contributed by atoms with Crippen LogP contribution in [-0.4, -0.2) is 27.6 Å². The van der Waals surface area contributed by atoms with Gasteiger partial charge in [0, 0.05) is 12.7 Å². The molecule has 0 bridgehead atoms. The van der Waals surface area contributed by atoms with E-state index in [0.29, 0.717) is 23.7 Å². The minimum Gasteiger partial charge on any atom is -0.480 e. The Balaban J connectivity index is 2.85. The van der Waals surface area contributed by atoms with E-state index in [4.69, 9.17) is 16.7 Å². The molecule has 0 radical (unpaired) electrons. The summed E-state index contributed by atoms with van der Waals surface area (Å²) in [6.45, 7) is 4.17. The Morgan fingerprint density at radius 2 is 2.18 bits per heavy atom. The van der Waals surface area contributed by atoms with Gasteiger partial charge < -0.3 is 15.0 Å². The van der Waals surface area contributed by atoms with Gasteiger partial charge in [-0.2, -0.15) is 0 Å². The molecule has 6 heteroatoms. The van der Waals surface area contributed by atoms with Crippen LogP contribution in [0, 0.1) is 0 Å². The molecule has 1 atom stereocenters. The maximum absolute atomic E-state index is 11.9. The molecule has 1 amide bonds. The maximum atomic E-state index is 11.9. The fraction of sp³-hybridized carbons (Fsp3) is 0.455. The van der Waals surface area contributed by atoms with Crippen molar-refractivity contribution in [1.29, 1.82) is 0 Å². The van der Waals surface area contributed by atoms with E-state index >= 15 is 0 Å². The molecule has 0 fully saturated rings. The van der Waals surface area contributed by atoms with Gasteiger partial charge in [-0.25, -0.2) is 4.79 Å². The van der Waals surface area contributed by atoms with Crippen LogP contribution >= 0.6 is 11.6 Å². The molecular weight excluding hydrogens is 244 g/mol. The number of aromatic nitrogens is 1. The van der Waals surface area contributed by atoms with Crippen molar-refractivity contribution in [3.8, 4) is 0 Å². The molecule has 1 heterocycles. The number of rotatable bonds is 5.